The summed E-state index contributed by atoms with van der Waals surface area (Å²) in [5.41, 5.74) is -0.512. The summed E-state index contributed by atoms with van der Waals surface area (Å²) in [4.78, 5) is 23.3. The van der Waals surface area contributed by atoms with Gasteiger partial charge >= 0.3 is 6.18 Å². The second kappa shape index (κ2) is 10.3. The average molecular weight is 463 g/mol. The zero-order valence-corrected chi connectivity index (χ0v) is 17.7. The van der Waals surface area contributed by atoms with E-state index in [1.807, 2.05) is 6.92 Å². The lowest BCUT2D eigenvalue weighted by atomic mass is 10.1. The number of hydrogen-bond donors (Lipinski definition) is 1. The summed E-state index contributed by atoms with van der Waals surface area (Å²) in [5, 5.41) is 2.51. The summed E-state index contributed by atoms with van der Waals surface area (Å²) in [7, 11) is 0. The molecule has 0 bridgehead atoms. The van der Waals surface area contributed by atoms with Crippen LogP contribution in [0.1, 0.15) is 51.8 Å². The molecular weight excluding hydrogens is 442 g/mol. The van der Waals surface area contributed by atoms with Gasteiger partial charge in [0.25, 0.3) is 5.91 Å². The highest BCUT2D eigenvalue weighted by atomic mass is 19.4. The van der Waals surface area contributed by atoms with Crippen LogP contribution in [0.15, 0.2) is 52.9 Å². The molecule has 1 N–H and O–H groups in total. The number of unbranched alkanes of at least 4 members (excludes halogenated alkanes) is 1. The Morgan fingerprint density at radius 2 is 1.91 bits per heavy atom. The van der Waals surface area contributed by atoms with Gasteiger partial charge in [0, 0.05) is 17.7 Å². The summed E-state index contributed by atoms with van der Waals surface area (Å²) < 4.78 is 63.5. The first-order valence-electron chi connectivity index (χ1n) is 10.2. The van der Waals surface area contributed by atoms with E-state index >= 15 is 0 Å². The summed E-state index contributed by atoms with van der Waals surface area (Å²) in [6, 6.07) is 9.99. The molecule has 9 heteroatoms. The molecule has 33 heavy (non-hydrogen) atoms. The van der Waals surface area contributed by atoms with Crippen molar-refractivity contribution < 1.29 is 36.3 Å². The van der Waals surface area contributed by atoms with E-state index in [1.165, 1.54) is 6.07 Å². The largest absolute Gasteiger partial charge is 0.493 e. The van der Waals surface area contributed by atoms with E-state index in [-0.39, 0.29) is 18.4 Å². The van der Waals surface area contributed by atoms with Gasteiger partial charge in [-0.05, 0) is 55.0 Å². The van der Waals surface area contributed by atoms with Crippen LogP contribution < -0.4 is 10.1 Å². The maximum Gasteiger partial charge on any atom is 0.416 e. The van der Waals surface area contributed by atoms with E-state index in [0.717, 1.165) is 18.9 Å². The molecule has 0 aliphatic rings. The van der Waals surface area contributed by atoms with Crippen molar-refractivity contribution in [3.63, 3.8) is 0 Å². The summed E-state index contributed by atoms with van der Waals surface area (Å²) in [6.45, 7) is 2.38. The second-order valence-corrected chi connectivity index (χ2v) is 7.22. The molecule has 0 saturated heterocycles. The lowest BCUT2D eigenvalue weighted by Crippen LogP contribution is -2.24. The normalized spacial score (nSPS) is 11.3. The highest BCUT2D eigenvalue weighted by molar-refractivity contribution is 5.94. The number of carbonyl (C=O) groups is 2. The van der Waals surface area contributed by atoms with Gasteiger partial charge < -0.3 is 14.5 Å². The van der Waals surface area contributed by atoms with Gasteiger partial charge in [-0.15, -0.1) is 0 Å². The molecule has 0 fully saturated rings. The number of hydrogen-bond acceptors (Lipinski definition) is 4. The van der Waals surface area contributed by atoms with Gasteiger partial charge in [0.05, 0.1) is 17.7 Å². The molecular formula is C24H21F4NO4. The molecule has 0 atom stereocenters. The number of aldehydes is 1. The topological polar surface area (TPSA) is 68.5 Å². The molecule has 0 aliphatic heterocycles. The van der Waals surface area contributed by atoms with Gasteiger partial charge in [-0.1, -0.05) is 13.3 Å². The van der Waals surface area contributed by atoms with Gasteiger partial charge in [0.1, 0.15) is 17.3 Å². The Hall–Kier alpha value is -3.62. The van der Waals surface area contributed by atoms with Crippen LogP contribution in [0.2, 0.25) is 0 Å². The summed E-state index contributed by atoms with van der Waals surface area (Å²) in [6.07, 6.45) is -2.41. The number of benzene rings is 2. The van der Waals surface area contributed by atoms with Crippen LogP contribution >= 0.6 is 0 Å². The second-order valence-electron chi connectivity index (χ2n) is 7.22. The number of nitrogens with one attached hydrogen (secondary N) is 1. The zero-order valence-electron chi connectivity index (χ0n) is 17.7. The Labute approximate surface area is 187 Å². The molecule has 0 saturated carbocycles. The van der Waals surface area contributed by atoms with Gasteiger partial charge in [0.15, 0.2) is 12.0 Å². The van der Waals surface area contributed by atoms with Crippen molar-refractivity contribution in [2.75, 3.05) is 6.61 Å². The molecule has 0 unspecified atom stereocenters. The van der Waals surface area contributed by atoms with Crippen molar-refractivity contribution >= 4 is 12.2 Å². The zero-order chi connectivity index (χ0) is 24.0. The SMILES string of the molecule is CCCCOc1ccc(-c2ccc(C=O)o2)cc1CNC(=O)c1ccc(C(F)(F)F)cc1F. The van der Waals surface area contributed by atoms with E-state index in [4.69, 9.17) is 9.15 Å². The average Bonchev–Trinajstić information content (AvgIpc) is 3.27. The molecule has 0 aliphatic carbocycles. The Balaban J connectivity index is 1.82. The predicted molar refractivity (Wildman–Crippen MR) is 113 cm³/mol. The monoisotopic (exact) mass is 463 g/mol. The fraction of sp³-hybridized carbons (Fsp3) is 0.250. The fourth-order valence-corrected chi connectivity index (χ4v) is 3.06. The van der Waals surface area contributed by atoms with Crippen LogP contribution in [0.5, 0.6) is 5.75 Å². The minimum atomic E-state index is -4.71. The quantitative estimate of drug-likeness (QED) is 0.239. The number of furan rings is 1. The number of halogens is 4. The lowest BCUT2D eigenvalue weighted by Gasteiger charge is -2.14. The molecule has 2 aromatic carbocycles. The van der Waals surface area contributed by atoms with Crippen LogP contribution in [0.25, 0.3) is 11.3 Å². The minimum absolute atomic E-state index is 0.0736. The Morgan fingerprint density at radius 3 is 2.55 bits per heavy atom. The van der Waals surface area contributed by atoms with Crippen LogP contribution in [-0.4, -0.2) is 18.8 Å². The van der Waals surface area contributed by atoms with E-state index < -0.39 is 29.0 Å². The first kappa shape index (κ1) is 24.0. The Morgan fingerprint density at radius 1 is 1.12 bits per heavy atom. The van der Waals surface area contributed by atoms with Crippen LogP contribution in [-0.2, 0) is 12.7 Å². The van der Waals surface area contributed by atoms with Crippen LogP contribution in [0.4, 0.5) is 17.6 Å². The standard InChI is InChI=1S/C24H21F4NO4/c1-2-3-10-32-21-8-4-15(22-9-6-18(14-30)33-22)11-16(21)13-29-23(31)19-7-5-17(12-20(19)25)24(26,27)28/h4-9,11-12,14H,2-3,10,13H2,1H3,(H,29,31). The van der Waals surface area contributed by atoms with Crippen molar-refractivity contribution in [2.45, 2.75) is 32.5 Å². The predicted octanol–water partition coefficient (Wildman–Crippen LogP) is 6.03. The van der Waals surface area contributed by atoms with Crippen molar-refractivity contribution in [3.8, 4) is 17.1 Å². The third-order valence-electron chi connectivity index (χ3n) is 4.82. The van der Waals surface area contributed by atoms with Gasteiger partial charge in [-0.25, -0.2) is 4.39 Å². The van der Waals surface area contributed by atoms with Gasteiger partial charge in [-0.3, -0.25) is 9.59 Å². The third kappa shape index (κ3) is 6.00. The first-order chi connectivity index (χ1) is 15.7. The van der Waals surface area contributed by atoms with Crippen LogP contribution in [0.3, 0.4) is 0 Å². The molecule has 0 radical (unpaired) electrons. The number of ether oxygens (including phenoxy) is 1. The minimum Gasteiger partial charge on any atom is -0.493 e. The van der Waals surface area contributed by atoms with Gasteiger partial charge in [-0.2, -0.15) is 13.2 Å². The number of amides is 1. The number of rotatable bonds is 9. The molecule has 1 aromatic heterocycles. The van der Waals surface area contributed by atoms with E-state index in [2.05, 4.69) is 5.32 Å². The molecule has 5 nitrogen and oxygen atoms in total. The van der Waals surface area contributed by atoms with E-state index in [9.17, 15) is 27.2 Å². The molecule has 174 valence electrons. The summed E-state index contributed by atoms with van der Waals surface area (Å²) >= 11 is 0. The fourth-order valence-electron chi connectivity index (χ4n) is 3.06. The number of alkyl halides is 3. The highest BCUT2D eigenvalue weighted by Crippen LogP contribution is 2.31. The number of carbonyl (C=O) groups excluding carboxylic acids is 2. The maximum absolute atomic E-state index is 14.1. The summed E-state index contributed by atoms with van der Waals surface area (Å²) in [5.74, 6) is -1.07. The Bertz CT molecular complexity index is 1140. The Kier molecular flexibility index (Phi) is 7.52. The van der Waals surface area contributed by atoms with E-state index in [1.54, 1.807) is 24.3 Å². The highest BCUT2D eigenvalue weighted by Gasteiger charge is 2.31. The molecule has 1 heterocycles. The molecule has 1 amide bonds. The molecule has 0 spiro atoms. The lowest BCUT2D eigenvalue weighted by molar-refractivity contribution is -0.137. The van der Waals surface area contributed by atoms with Gasteiger partial charge in [0.2, 0.25) is 0 Å². The first-order valence-corrected chi connectivity index (χ1v) is 10.2. The maximum atomic E-state index is 14.1. The van der Waals surface area contributed by atoms with Crippen molar-refractivity contribution in [1.82, 2.24) is 5.32 Å². The van der Waals surface area contributed by atoms with Crippen molar-refractivity contribution in [3.05, 3.63) is 76.8 Å². The third-order valence-corrected chi connectivity index (χ3v) is 4.82. The van der Waals surface area contributed by atoms with Crippen LogP contribution in [0, 0.1) is 5.82 Å². The van der Waals surface area contributed by atoms with E-state index in [0.29, 0.717) is 41.6 Å². The smallest absolute Gasteiger partial charge is 0.416 e. The van der Waals surface area contributed by atoms with Crippen molar-refractivity contribution in [2.24, 2.45) is 0 Å². The molecule has 3 aromatic rings. The van der Waals surface area contributed by atoms with Crippen molar-refractivity contribution in [1.29, 1.82) is 0 Å². The molecule has 3 rings (SSSR count).